The number of amides is 1. The molecule has 2 heterocycles. The third kappa shape index (κ3) is 3.02. The number of nitro benzene ring substituents is 1. The molecule has 0 unspecified atom stereocenters. The zero-order valence-electron chi connectivity index (χ0n) is 13.0. The molecule has 3 aromatic rings. The molecule has 4 rings (SSSR count). The van der Waals surface area contributed by atoms with Gasteiger partial charge in [-0.25, -0.2) is 4.98 Å². The summed E-state index contributed by atoms with van der Waals surface area (Å²) in [6.07, 6.45) is 0. The maximum atomic E-state index is 12.4. The molecule has 0 spiro atoms. The molecule has 132 valence electrons. The van der Waals surface area contributed by atoms with E-state index < -0.39 is 10.8 Å². The Morgan fingerprint density at radius 1 is 1.23 bits per heavy atom. The van der Waals surface area contributed by atoms with E-state index in [1.54, 1.807) is 12.1 Å². The minimum atomic E-state index is -0.588. The lowest BCUT2D eigenvalue weighted by Gasteiger charge is -2.17. The smallest absolute Gasteiger partial charge is 0.270 e. The van der Waals surface area contributed by atoms with Crippen LogP contribution in [0.2, 0.25) is 5.02 Å². The third-order valence-corrected chi connectivity index (χ3v) is 4.94. The number of nitro groups is 1. The van der Waals surface area contributed by atoms with Crippen molar-refractivity contribution in [2.45, 2.75) is 0 Å². The number of halogens is 1. The van der Waals surface area contributed by atoms with E-state index in [9.17, 15) is 14.9 Å². The number of carbonyl (C=O) groups is 1. The van der Waals surface area contributed by atoms with Gasteiger partial charge in [0.2, 0.25) is 0 Å². The van der Waals surface area contributed by atoms with Gasteiger partial charge in [0.1, 0.15) is 13.2 Å². The number of rotatable bonds is 3. The van der Waals surface area contributed by atoms with Crippen molar-refractivity contribution in [1.82, 2.24) is 4.98 Å². The summed E-state index contributed by atoms with van der Waals surface area (Å²) in [6.45, 7) is 0.948. The third-order valence-electron chi connectivity index (χ3n) is 3.68. The lowest BCUT2D eigenvalue weighted by Crippen LogP contribution is -2.15. The SMILES string of the molecule is O=C(Nc1nc2cc3c(cc2s1)OCCO3)c1cc([N+](=O)[O-])ccc1Cl. The van der Waals surface area contributed by atoms with Crippen LogP contribution >= 0.6 is 22.9 Å². The highest BCUT2D eigenvalue weighted by molar-refractivity contribution is 7.22. The van der Waals surface area contributed by atoms with E-state index >= 15 is 0 Å². The molecule has 1 amide bonds. The second-order valence-electron chi connectivity index (χ2n) is 5.36. The van der Waals surface area contributed by atoms with Crippen molar-refractivity contribution in [3.8, 4) is 11.5 Å². The van der Waals surface area contributed by atoms with Crippen molar-refractivity contribution in [1.29, 1.82) is 0 Å². The first-order valence-corrected chi connectivity index (χ1v) is 8.66. The molecule has 2 aromatic carbocycles. The van der Waals surface area contributed by atoms with Crippen LogP contribution in [0.1, 0.15) is 10.4 Å². The molecule has 1 aliphatic rings. The first-order chi connectivity index (χ1) is 12.5. The number of fused-ring (bicyclic) bond motifs is 2. The molecule has 0 saturated heterocycles. The zero-order chi connectivity index (χ0) is 18.3. The molecular formula is C16H10ClN3O5S. The average Bonchev–Trinajstić information content (AvgIpc) is 3.00. The highest BCUT2D eigenvalue weighted by atomic mass is 35.5. The Bertz CT molecular complexity index is 1010. The Morgan fingerprint density at radius 3 is 2.69 bits per heavy atom. The molecule has 0 radical (unpaired) electrons. The Labute approximate surface area is 155 Å². The zero-order valence-corrected chi connectivity index (χ0v) is 14.6. The van der Waals surface area contributed by atoms with Gasteiger partial charge in [-0.05, 0) is 6.07 Å². The molecule has 0 fully saturated rings. The first-order valence-electron chi connectivity index (χ1n) is 7.47. The van der Waals surface area contributed by atoms with Crippen LogP contribution in [0.25, 0.3) is 10.2 Å². The van der Waals surface area contributed by atoms with Crippen LogP contribution < -0.4 is 14.8 Å². The van der Waals surface area contributed by atoms with Gasteiger partial charge in [0, 0.05) is 24.3 Å². The summed E-state index contributed by atoms with van der Waals surface area (Å²) in [5.74, 6) is 0.663. The van der Waals surface area contributed by atoms with Crippen LogP contribution in [0, 0.1) is 10.1 Å². The summed E-state index contributed by atoms with van der Waals surface area (Å²) in [5, 5.41) is 14.0. The number of benzene rings is 2. The molecule has 8 nitrogen and oxygen atoms in total. The maximum absolute atomic E-state index is 12.4. The van der Waals surface area contributed by atoms with E-state index in [2.05, 4.69) is 10.3 Å². The molecule has 0 saturated carbocycles. The van der Waals surface area contributed by atoms with E-state index in [-0.39, 0.29) is 16.3 Å². The summed E-state index contributed by atoms with van der Waals surface area (Å²) in [5.41, 5.74) is 0.441. The van der Waals surface area contributed by atoms with Crippen molar-refractivity contribution >= 4 is 49.9 Å². The monoisotopic (exact) mass is 391 g/mol. The van der Waals surface area contributed by atoms with Gasteiger partial charge < -0.3 is 9.47 Å². The lowest BCUT2D eigenvalue weighted by atomic mass is 10.2. The van der Waals surface area contributed by atoms with Gasteiger partial charge in [0.15, 0.2) is 16.6 Å². The molecule has 26 heavy (non-hydrogen) atoms. The van der Waals surface area contributed by atoms with Crippen molar-refractivity contribution in [2.24, 2.45) is 0 Å². The molecule has 1 aliphatic heterocycles. The lowest BCUT2D eigenvalue weighted by molar-refractivity contribution is -0.384. The number of ether oxygens (including phenoxy) is 2. The topological polar surface area (TPSA) is 104 Å². The van der Waals surface area contributed by atoms with E-state index in [0.29, 0.717) is 35.4 Å². The minimum absolute atomic E-state index is 0.00563. The molecule has 1 N–H and O–H groups in total. The largest absolute Gasteiger partial charge is 0.486 e. The predicted molar refractivity (Wildman–Crippen MR) is 96.7 cm³/mol. The summed E-state index contributed by atoms with van der Waals surface area (Å²) in [4.78, 5) is 27.1. The van der Waals surface area contributed by atoms with Crippen molar-refractivity contribution in [3.05, 3.63) is 51.0 Å². The molecule has 0 bridgehead atoms. The van der Waals surface area contributed by atoms with Crippen molar-refractivity contribution in [3.63, 3.8) is 0 Å². The van der Waals surface area contributed by atoms with E-state index in [0.717, 1.165) is 10.8 Å². The Morgan fingerprint density at radius 2 is 1.96 bits per heavy atom. The van der Waals surface area contributed by atoms with Gasteiger partial charge in [0.05, 0.1) is 25.7 Å². The first kappa shape index (κ1) is 16.6. The van der Waals surface area contributed by atoms with Crippen LogP contribution in [0.4, 0.5) is 10.8 Å². The summed E-state index contributed by atoms with van der Waals surface area (Å²) >= 11 is 7.25. The second-order valence-corrected chi connectivity index (χ2v) is 6.80. The predicted octanol–water partition coefficient (Wildman–Crippen LogP) is 3.88. The molecule has 1 aromatic heterocycles. The minimum Gasteiger partial charge on any atom is -0.486 e. The van der Waals surface area contributed by atoms with Crippen molar-refractivity contribution < 1.29 is 19.2 Å². The second kappa shape index (κ2) is 6.43. The fourth-order valence-corrected chi connectivity index (χ4v) is 3.56. The Kier molecular flexibility index (Phi) is 4.09. The quantitative estimate of drug-likeness (QED) is 0.536. The molecular weight excluding hydrogens is 382 g/mol. The molecule has 0 aliphatic carbocycles. The maximum Gasteiger partial charge on any atom is 0.270 e. The number of aromatic nitrogens is 1. The highest BCUT2D eigenvalue weighted by Crippen LogP contribution is 2.38. The van der Waals surface area contributed by atoms with E-state index in [1.165, 1.54) is 23.5 Å². The molecule has 0 atom stereocenters. The number of nitrogens with one attached hydrogen (secondary N) is 1. The van der Waals surface area contributed by atoms with Gasteiger partial charge in [-0.3, -0.25) is 20.2 Å². The highest BCUT2D eigenvalue weighted by Gasteiger charge is 2.19. The number of anilines is 1. The van der Waals surface area contributed by atoms with Crippen molar-refractivity contribution in [2.75, 3.05) is 18.5 Å². The fourth-order valence-electron chi connectivity index (χ4n) is 2.48. The van der Waals surface area contributed by atoms with Crippen LogP contribution in [0.15, 0.2) is 30.3 Å². The Hall–Kier alpha value is -2.91. The number of hydrogen-bond acceptors (Lipinski definition) is 7. The Balaban J connectivity index is 1.64. The van der Waals surface area contributed by atoms with Crippen LogP contribution in [0.5, 0.6) is 11.5 Å². The summed E-state index contributed by atoms with van der Waals surface area (Å²) in [6, 6.07) is 7.23. The summed E-state index contributed by atoms with van der Waals surface area (Å²) in [7, 11) is 0. The van der Waals surface area contributed by atoms with Gasteiger partial charge in [0.25, 0.3) is 11.6 Å². The van der Waals surface area contributed by atoms with Crippen LogP contribution in [0.3, 0.4) is 0 Å². The van der Waals surface area contributed by atoms with Gasteiger partial charge in [-0.1, -0.05) is 22.9 Å². The number of carbonyl (C=O) groups excluding carboxylic acids is 1. The average molecular weight is 392 g/mol. The normalized spacial score (nSPS) is 12.8. The van der Waals surface area contributed by atoms with Gasteiger partial charge >= 0.3 is 0 Å². The van der Waals surface area contributed by atoms with Crippen LogP contribution in [-0.4, -0.2) is 29.0 Å². The number of non-ortho nitro benzene ring substituents is 1. The standard InChI is InChI=1S/C16H10ClN3O5S/c17-10-2-1-8(20(22)23)5-9(10)15(21)19-16-18-11-6-12-13(7-14(11)26-16)25-4-3-24-12/h1-2,5-7H,3-4H2,(H,18,19,21). The number of hydrogen-bond donors (Lipinski definition) is 1. The van der Waals surface area contributed by atoms with Crippen LogP contribution in [-0.2, 0) is 0 Å². The van der Waals surface area contributed by atoms with E-state index in [4.69, 9.17) is 21.1 Å². The number of nitrogens with zero attached hydrogens (tertiary/aromatic N) is 2. The van der Waals surface area contributed by atoms with Gasteiger partial charge in [-0.15, -0.1) is 0 Å². The van der Waals surface area contributed by atoms with Gasteiger partial charge in [-0.2, -0.15) is 0 Å². The fraction of sp³-hybridized carbons (Fsp3) is 0.125. The molecule has 10 heteroatoms. The summed E-state index contributed by atoms with van der Waals surface area (Å²) < 4.78 is 11.9. The van der Waals surface area contributed by atoms with E-state index in [1.807, 2.05) is 0 Å². The number of thiazole rings is 1.